The van der Waals surface area contributed by atoms with Crippen LogP contribution in [0.4, 0.5) is 15.8 Å². The van der Waals surface area contributed by atoms with Crippen LogP contribution in [-0.2, 0) is 0 Å². The second kappa shape index (κ2) is 5.52. The minimum atomic E-state index is -0.795. The van der Waals surface area contributed by atoms with Crippen molar-refractivity contribution in [2.45, 2.75) is 31.8 Å². The summed E-state index contributed by atoms with van der Waals surface area (Å²) >= 11 is 0. The van der Waals surface area contributed by atoms with Crippen molar-refractivity contribution in [2.75, 3.05) is 18.9 Å². The van der Waals surface area contributed by atoms with E-state index in [0.717, 1.165) is 19.4 Å². The maximum atomic E-state index is 13.5. The van der Waals surface area contributed by atoms with Crippen LogP contribution in [0.25, 0.3) is 0 Å². The normalized spacial score (nSPS) is 24.2. The highest BCUT2D eigenvalue weighted by Gasteiger charge is 2.23. The number of benzene rings is 1. The molecule has 2 unspecified atom stereocenters. The van der Waals surface area contributed by atoms with Crippen LogP contribution < -0.4 is 5.32 Å². The molecule has 1 saturated heterocycles. The molecule has 1 aliphatic rings. The van der Waals surface area contributed by atoms with Crippen molar-refractivity contribution in [3.05, 3.63) is 34.1 Å². The topological polar surface area (TPSA) is 58.4 Å². The molecule has 0 aromatic heterocycles. The number of anilines is 1. The van der Waals surface area contributed by atoms with Crippen molar-refractivity contribution in [1.82, 2.24) is 4.90 Å². The third-order valence-corrected chi connectivity index (χ3v) is 3.72. The largest absolute Gasteiger partial charge is 0.382 e. The van der Waals surface area contributed by atoms with E-state index in [1.165, 1.54) is 12.1 Å². The number of halogens is 1. The lowest BCUT2D eigenvalue weighted by Gasteiger charge is -2.35. The van der Waals surface area contributed by atoms with Gasteiger partial charge in [-0.25, -0.2) is 0 Å². The van der Waals surface area contributed by atoms with Gasteiger partial charge in [-0.1, -0.05) is 0 Å². The first kappa shape index (κ1) is 13.7. The summed E-state index contributed by atoms with van der Waals surface area (Å²) in [6.07, 6.45) is 1.97. The van der Waals surface area contributed by atoms with Crippen molar-refractivity contribution in [3.63, 3.8) is 0 Å². The summed E-state index contributed by atoms with van der Waals surface area (Å²) in [6.45, 7) is 3.15. The second-order valence-corrected chi connectivity index (χ2v) is 5.12. The second-order valence-electron chi connectivity index (χ2n) is 5.12. The first-order chi connectivity index (χ1) is 8.97. The number of hydrogen-bond acceptors (Lipinski definition) is 4. The molecule has 0 spiro atoms. The quantitative estimate of drug-likeness (QED) is 0.675. The van der Waals surface area contributed by atoms with Crippen LogP contribution in [0.2, 0.25) is 0 Å². The average molecular weight is 267 g/mol. The molecule has 104 valence electrons. The zero-order valence-corrected chi connectivity index (χ0v) is 11.1. The van der Waals surface area contributed by atoms with E-state index in [-0.39, 0.29) is 6.04 Å². The van der Waals surface area contributed by atoms with E-state index in [1.54, 1.807) is 6.07 Å². The van der Waals surface area contributed by atoms with Crippen LogP contribution in [0.5, 0.6) is 0 Å². The molecule has 1 N–H and O–H groups in total. The van der Waals surface area contributed by atoms with Gasteiger partial charge in [0.1, 0.15) is 0 Å². The zero-order valence-electron chi connectivity index (χ0n) is 11.1. The average Bonchev–Trinajstić information content (AvgIpc) is 2.33. The number of piperidine rings is 1. The molecule has 5 nitrogen and oxygen atoms in total. The Morgan fingerprint density at radius 3 is 2.84 bits per heavy atom. The van der Waals surface area contributed by atoms with E-state index < -0.39 is 16.4 Å². The molecule has 0 bridgehead atoms. The Hall–Kier alpha value is -1.69. The Kier molecular flexibility index (Phi) is 3.99. The van der Waals surface area contributed by atoms with Crippen LogP contribution in [0.15, 0.2) is 18.2 Å². The molecule has 6 heteroatoms. The summed E-state index contributed by atoms with van der Waals surface area (Å²) in [7, 11) is 2.09. The molecular weight excluding hydrogens is 249 g/mol. The first-order valence-electron chi connectivity index (χ1n) is 6.38. The Bertz CT molecular complexity index is 481. The molecule has 19 heavy (non-hydrogen) atoms. The monoisotopic (exact) mass is 267 g/mol. The van der Waals surface area contributed by atoms with E-state index in [2.05, 4.69) is 24.2 Å². The van der Waals surface area contributed by atoms with Gasteiger partial charge in [-0.15, -0.1) is 0 Å². The van der Waals surface area contributed by atoms with Gasteiger partial charge in [-0.05, 0) is 32.9 Å². The summed E-state index contributed by atoms with van der Waals surface area (Å²) in [5, 5.41) is 13.8. The number of nitrogens with one attached hydrogen (secondary N) is 1. The van der Waals surface area contributed by atoms with Gasteiger partial charge in [0, 0.05) is 36.4 Å². The van der Waals surface area contributed by atoms with Crippen LogP contribution >= 0.6 is 0 Å². The molecular formula is C13H18FN3O2. The number of rotatable bonds is 3. The lowest BCUT2D eigenvalue weighted by atomic mass is 9.98. The van der Waals surface area contributed by atoms with E-state index in [0.29, 0.717) is 11.7 Å². The van der Waals surface area contributed by atoms with Crippen LogP contribution in [0.1, 0.15) is 19.8 Å². The highest BCUT2D eigenvalue weighted by atomic mass is 19.1. The SMILES string of the molecule is CC1CC(Nc2ccc([N+](=O)[O-])c(F)c2)CCN1C. The third-order valence-electron chi connectivity index (χ3n) is 3.72. The van der Waals surface area contributed by atoms with Gasteiger partial charge in [0.25, 0.3) is 0 Å². The van der Waals surface area contributed by atoms with Gasteiger partial charge >= 0.3 is 5.69 Å². The van der Waals surface area contributed by atoms with Crippen LogP contribution in [-0.4, -0.2) is 35.5 Å². The minimum absolute atomic E-state index is 0.284. The maximum Gasteiger partial charge on any atom is 0.304 e. The number of hydrogen-bond donors (Lipinski definition) is 1. The van der Waals surface area contributed by atoms with Gasteiger partial charge < -0.3 is 10.2 Å². The van der Waals surface area contributed by atoms with E-state index in [1.807, 2.05) is 0 Å². The van der Waals surface area contributed by atoms with Gasteiger partial charge in [0.05, 0.1) is 4.92 Å². The summed E-state index contributed by atoms with van der Waals surface area (Å²) in [6, 6.07) is 4.72. The van der Waals surface area contributed by atoms with Gasteiger partial charge in [0.2, 0.25) is 5.82 Å². The molecule has 1 aliphatic heterocycles. The maximum absolute atomic E-state index is 13.5. The van der Waals surface area contributed by atoms with Crippen molar-refractivity contribution in [1.29, 1.82) is 0 Å². The molecule has 0 radical (unpaired) electrons. The fraction of sp³-hybridized carbons (Fsp3) is 0.538. The van der Waals surface area contributed by atoms with Gasteiger partial charge in [-0.2, -0.15) is 4.39 Å². The first-order valence-corrected chi connectivity index (χ1v) is 6.38. The lowest BCUT2D eigenvalue weighted by Crippen LogP contribution is -2.42. The lowest BCUT2D eigenvalue weighted by molar-refractivity contribution is -0.387. The predicted octanol–water partition coefficient (Wildman–Crippen LogP) is 2.63. The molecule has 1 aromatic rings. The van der Waals surface area contributed by atoms with Gasteiger partial charge in [0.15, 0.2) is 0 Å². The summed E-state index contributed by atoms with van der Waals surface area (Å²) in [4.78, 5) is 12.1. The van der Waals surface area contributed by atoms with Crippen molar-refractivity contribution in [2.24, 2.45) is 0 Å². The Morgan fingerprint density at radius 2 is 2.26 bits per heavy atom. The fourth-order valence-electron chi connectivity index (χ4n) is 2.40. The number of likely N-dealkylation sites (tertiary alicyclic amines) is 1. The molecule has 2 rings (SSSR count). The van der Waals surface area contributed by atoms with Crippen molar-refractivity contribution < 1.29 is 9.31 Å². The summed E-state index contributed by atoms with van der Waals surface area (Å²) in [5.41, 5.74) is 0.118. The molecule has 2 atom stereocenters. The number of nitro benzene ring substituents is 1. The minimum Gasteiger partial charge on any atom is -0.382 e. The molecule has 0 aliphatic carbocycles. The van der Waals surface area contributed by atoms with E-state index in [4.69, 9.17) is 0 Å². The van der Waals surface area contributed by atoms with E-state index in [9.17, 15) is 14.5 Å². The molecule has 1 fully saturated rings. The Labute approximate surface area is 111 Å². The summed E-state index contributed by atoms with van der Waals surface area (Å²) in [5.74, 6) is -0.795. The highest BCUT2D eigenvalue weighted by molar-refractivity contribution is 5.50. The standard InChI is InChI=1S/C13H18FN3O2/c1-9-7-11(5-6-16(9)2)15-10-3-4-13(17(18)19)12(14)8-10/h3-4,8-9,11,15H,5-7H2,1-2H3. The molecule has 0 saturated carbocycles. The molecule has 0 amide bonds. The van der Waals surface area contributed by atoms with Crippen LogP contribution in [0.3, 0.4) is 0 Å². The molecule has 1 aromatic carbocycles. The van der Waals surface area contributed by atoms with Crippen LogP contribution in [0, 0.1) is 15.9 Å². The van der Waals surface area contributed by atoms with Crippen molar-refractivity contribution >= 4 is 11.4 Å². The predicted molar refractivity (Wildman–Crippen MR) is 71.8 cm³/mol. The Balaban J connectivity index is 2.04. The molecule has 1 heterocycles. The van der Waals surface area contributed by atoms with Crippen molar-refractivity contribution in [3.8, 4) is 0 Å². The Morgan fingerprint density at radius 1 is 1.53 bits per heavy atom. The summed E-state index contributed by atoms with van der Waals surface area (Å²) < 4.78 is 13.5. The third kappa shape index (κ3) is 3.20. The van der Waals surface area contributed by atoms with E-state index >= 15 is 0 Å². The van der Waals surface area contributed by atoms with Gasteiger partial charge in [-0.3, -0.25) is 10.1 Å². The number of nitro groups is 1. The number of nitrogens with zero attached hydrogens (tertiary/aromatic N) is 2. The highest BCUT2D eigenvalue weighted by Crippen LogP contribution is 2.24. The fourth-order valence-corrected chi connectivity index (χ4v) is 2.40. The smallest absolute Gasteiger partial charge is 0.304 e. The zero-order chi connectivity index (χ0) is 14.0.